The average molecular weight is 554 g/mol. The summed E-state index contributed by atoms with van der Waals surface area (Å²) in [5, 5.41) is 35.4. The molecule has 0 spiro atoms. The Hall–Kier alpha value is -2.42. The molecule has 40 heavy (non-hydrogen) atoms. The van der Waals surface area contributed by atoms with Gasteiger partial charge in [0.15, 0.2) is 0 Å². The van der Waals surface area contributed by atoms with Gasteiger partial charge in [-0.3, -0.25) is 4.99 Å². The molecule has 1 aromatic rings. The van der Waals surface area contributed by atoms with Gasteiger partial charge in [0.1, 0.15) is 18.1 Å². The van der Waals surface area contributed by atoms with E-state index in [-0.39, 0.29) is 29.1 Å². The van der Waals surface area contributed by atoms with E-state index in [1.165, 1.54) is 0 Å². The maximum Gasteiger partial charge on any atom is 0.331 e. The zero-order valence-electron chi connectivity index (χ0n) is 23.9. The molecule has 0 aromatic heterocycles. The number of benzene rings is 1. The van der Waals surface area contributed by atoms with Crippen LogP contribution in [-0.2, 0) is 16.1 Å². The molecule has 8 heteroatoms. The van der Waals surface area contributed by atoms with Crippen LogP contribution in [0.3, 0.4) is 0 Å². The molecule has 6 rings (SSSR count). The predicted octanol–water partition coefficient (Wildman–Crippen LogP) is 3.99. The van der Waals surface area contributed by atoms with Crippen molar-refractivity contribution in [3.05, 3.63) is 35.4 Å². The van der Waals surface area contributed by atoms with Gasteiger partial charge in [0.25, 0.3) is 0 Å². The van der Waals surface area contributed by atoms with Gasteiger partial charge in [0, 0.05) is 35.6 Å². The molecule has 218 valence electrons. The third kappa shape index (κ3) is 4.04. The number of methoxy groups -OCH3 is 2. The Morgan fingerprint density at radius 3 is 2.40 bits per heavy atom. The molecule has 0 saturated heterocycles. The van der Waals surface area contributed by atoms with E-state index in [0.29, 0.717) is 63.2 Å². The summed E-state index contributed by atoms with van der Waals surface area (Å²) in [6.07, 6.45) is 9.09. The van der Waals surface area contributed by atoms with Crippen molar-refractivity contribution in [3.8, 4) is 11.5 Å². The molecule has 4 fully saturated rings. The van der Waals surface area contributed by atoms with E-state index in [2.05, 4.69) is 6.92 Å². The first-order chi connectivity index (χ1) is 19.1. The number of carbonyl (C=O) groups is 1. The first-order valence-corrected chi connectivity index (χ1v) is 14.8. The summed E-state index contributed by atoms with van der Waals surface area (Å²) < 4.78 is 16.1. The van der Waals surface area contributed by atoms with Crippen LogP contribution in [-0.4, -0.2) is 65.6 Å². The smallest absolute Gasteiger partial charge is 0.331 e. The van der Waals surface area contributed by atoms with Crippen molar-refractivity contribution in [1.82, 2.24) is 0 Å². The van der Waals surface area contributed by atoms with Gasteiger partial charge in [0.05, 0.1) is 38.1 Å². The van der Waals surface area contributed by atoms with E-state index in [1.807, 2.05) is 24.4 Å². The molecular weight excluding hydrogens is 510 g/mol. The lowest BCUT2D eigenvalue weighted by atomic mass is 9.41. The van der Waals surface area contributed by atoms with Crippen molar-refractivity contribution >= 4 is 12.2 Å². The van der Waals surface area contributed by atoms with Gasteiger partial charge in [-0.2, -0.15) is 0 Å². The Balaban J connectivity index is 1.34. The van der Waals surface area contributed by atoms with E-state index >= 15 is 0 Å². The first kappa shape index (κ1) is 27.7. The van der Waals surface area contributed by atoms with Crippen LogP contribution in [0.4, 0.5) is 0 Å². The van der Waals surface area contributed by atoms with Gasteiger partial charge in [-0.15, -0.1) is 0 Å². The van der Waals surface area contributed by atoms with Crippen molar-refractivity contribution < 1.29 is 34.3 Å². The summed E-state index contributed by atoms with van der Waals surface area (Å²) in [7, 11) is 3.25. The van der Waals surface area contributed by atoms with Gasteiger partial charge in [-0.25, -0.2) is 4.79 Å². The maximum atomic E-state index is 12.6. The second-order valence-electron chi connectivity index (χ2n) is 13.2. The maximum absolute atomic E-state index is 12.6. The number of ether oxygens (including phenoxy) is 3. The number of carbonyl (C=O) groups excluding carboxylic acids is 1. The molecule has 1 aromatic carbocycles. The lowest BCUT2D eigenvalue weighted by Gasteiger charge is -2.65. The van der Waals surface area contributed by atoms with E-state index < -0.39 is 22.7 Å². The molecule has 5 aliphatic rings. The molecule has 0 radical (unpaired) electrons. The van der Waals surface area contributed by atoms with Crippen molar-refractivity contribution in [3.63, 3.8) is 0 Å². The summed E-state index contributed by atoms with van der Waals surface area (Å²) in [6, 6.07) is 5.71. The van der Waals surface area contributed by atoms with Crippen LogP contribution in [0.1, 0.15) is 70.3 Å². The lowest BCUT2D eigenvalue weighted by molar-refractivity contribution is -0.237. The van der Waals surface area contributed by atoms with E-state index in [0.717, 1.165) is 30.4 Å². The highest BCUT2D eigenvalue weighted by atomic mass is 16.5. The molecule has 3 N–H and O–H groups in total. The molecule has 1 heterocycles. The van der Waals surface area contributed by atoms with Crippen LogP contribution >= 0.6 is 0 Å². The molecule has 4 aliphatic carbocycles. The summed E-state index contributed by atoms with van der Waals surface area (Å²) in [5.41, 5.74) is -0.986. The number of hydrogen-bond donors (Lipinski definition) is 3. The zero-order valence-corrected chi connectivity index (χ0v) is 23.9. The van der Waals surface area contributed by atoms with Gasteiger partial charge in [-0.05, 0) is 92.4 Å². The highest BCUT2D eigenvalue weighted by Crippen LogP contribution is 2.70. The number of esters is 1. The summed E-state index contributed by atoms with van der Waals surface area (Å²) in [6.45, 7) is 2.94. The van der Waals surface area contributed by atoms with Crippen molar-refractivity contribution in [1.29, 1.82) is 0 Å². The molecule has 0 bridgehead atoms. The number of aliphatic hydroxyl groups is 3. The third-order valence-electron chi connectivity index (χ3n) is 11.6. The zero-order chi connectivity index (χ0) is 28.3. The Kier molecular flexibility index (Phi) is 6.83. The topological polar surface area (TPSA) is 118 Å². The lowest BCUT2D eigenvalue weighted by Crippen LogP contribution is -2.68. The number of hydrogen-bond acceptors (Lipinski definition) is 8. The Bertz CT molecular complexity index is 1210. The van der Waals surface area contributed by atoms with Gasteiger partial charge < -0.3 is 29.5 Å². The van der Waals surface area contributed by atoms with Gasteiger partial charge >= 0.3 is 5.97 Å². The Morgan fingerprint density at radius 1 is 1.00 bits per heavy atom. The second-order valence-corrected chi connectivity index (χ2v) is 13.2. The highest BCUT2D eigenvalue weighted by molar-refractivity contribution is 5.85. The molecule has 1 aliphatic heterocycles. The van der Waals surface area contributed by atoms with Crippen LogP contribution in [0, 0.1) is 28.6 Å². The largest absolute Gasteiger partial charge is 0.497 e. The quantitative estimate of drug-likeness (QED) is 0.360. The Morgan fingerprint density at radius 2 is 1.73 bits per heavy atom. The third-order valence-corrected chi connectivity index (χ3v) is 11.6. The number of fused-ring (bicyclic) bond motifs is 5. The van der Waals surface area contributed by atoms with Crippen LogP contribution in [0.25, 0.3) is 0 Å². The SMILES string of the molecule is COc1cc(CN=CC23CCC(O)CC2(O)CCC2C3CCC3(C)C(C4=CC(=O)OC4)CCC23O)cc(OC)c1. The number of cyclic esters (lactones) is 1. The van der Waals surface area contributed by atoms with Gasteiger partial charge in [0.2, 0.25) is 0 Å². The van der Waals surface area contributed by atoms with Crippen molar-refractivity contribution in [2.24, 2.45) is 33.6 Å². The molecule has 0 amide bonds. The molecule has 8 unspecified atom stereocenters. The highest BCUT2D eigenvalue weighted by Gasteiger charge is 2.71. The average Bonchev–Trinajstić information content (AvgIpc) is 3.48. The number of rotatable bonds is 6. The fourth-order valence-electron chi connectivity index (χ4n) is 9.63. The van der Waals surface area contributed by atoms with Gasteiger partial charge in [-0.1, -0.05) is 6.92 Å². The fourth-order valence-corrected chi connectivity index (χ4v) is 9.63. The number of nitrogens with zero attached hydrogens (tertiary/aromatic N) is 1. The van der Waals surface area contributed by atoms with E-state index in [1.54, 1.807) is 20.3 Å². The number of aliphatic imine (C=N–C) groups is 1. The van der Waals surface area contributed by atoms with Crippen molar-refractivity contribution in [2.75, 3.05) is 20.8 Å². The minimum atomic E-state index is -1.07. The second kappa shape index (κ2) is 9.85. The summed E-state index contributed by atoms with van der Waals surface area (Å²) >= 11 is 0. The summed E-state index contributed by atoms with van der Waals surface area (Å²) in [4.78, 5) is 16.8. The monoisotopic (exact) mass is 553 g/mol. The molecule has 8 atom stereocenters. The van der Waals surface area contributed by atoms with Crippen LogP contribution in [0.2, 0.25) is 0 Å². The molecule has 8 nitrogen and oxygen atoms in total. The Labute approximate surface area is 236 Å². The van der Waals surface area contributed by atoms with Crippen LogP contribution < -0.4 is 9.47 Å². The molecular formula is C32H43NO7. The standard InChI is InChI=1S/C32H43NO7/c1-29-8-5-26-27(32(29,37)11-7-25(29)21-14-28(35)40-18-21)6-10-31(36)16-22(34)4-9-30(26,31)19-33-17-20-12-23(38-2)15-24(13-20)39-3/h12-15,19,22,25-27,34,36-37H,4-11,16-18H2,1-3H3. The predicted molar refractivity (Wildman–Crippen MR) is 149 cm³/mol. The van der Waals surface area contributed by atoms with Crippen molar-refractivity contribution in [2.45, 2.75) is 88.6 Å². The van der Waals surface area contributed by atoms with E-state index in [9.17, 15) is 20.1 Å². The minimum absolute atomic E-state index is 0.00811. The minimum Gasteiger partial charge on any atom is -0.497 e. The molecule has 4 saturated carbocycles. The van der Waals surface area contributed by atoms with E-state index in [4.69, 9.17) is 19.2 Å². The van der Waals surface area contributed by atoms with Crippen LogP contribution in [0.15, 0.2) is 34.8 Å². The number of aliphatic hydroxyl groups excluding tert-OH is 1. The normalized spacial score (nSPS) is 42.5. The van der Waals surface area contributed by atoms with Crippen LogP contribution in [0.5, 0.6) is 11.5 Å². The summed E-state index contributed by atoms with van der Waals surface area (Å²) in [5.74, 6) is 1.29. The first-order valence-electron chi connectivity index (χ1n) is 14.8. The fraction of sp³-hybridized carbons (Fsp3) is 0.688.